The standard InChI is InChI=1S/C38H70ClNO4Si/c1-16-26(4)28(6)30(8)32(10)34(12)38(13,33(11)31(9)29(7)27(5)25(2)3)44-45(42-14,43-15)23-17-22-40-37(41)36-20-18-35(24-39)19-21-36/h18-21,25-34H,16-17,22-24H2,1-15H3,(H,40,41). The Morgan fingerprint density at radius 2 is 1.29 bits per heavy atom. The Labute approximate surface area is 284 Å². The first kappa shape index (κ1) is 42.1. The first-order valence-electron chi connectivity index (χ1n) is 17.7. The lowest BCUT2D eigenvalue weighted by molar-refractivity contribution is -0.114. The fourth-order valence-electron chi connectivity index (χ4n) is 7.12. The van der Waals surface area contributed by atoms with Crippen molar-refractivity contribution in [1.29, 1.82) is 0 Å². The molecular weight excluding hydrogens is 598 g/mol. The third kappa shape index (κ3) is 11.1. The van der Waals surface area contributed by atoms with Crippen molar-refractivity contribution in [3.63, 3.8) is 0 Å². The Bertz CT molecular complexity index is 986. The first-order chi connectivity index (χ1) is 21.0. The van der Waals surface area contributed by atoms with Crippen molar-refractivity contribution >= 4 is 26.3 Å². The number of carbonyl (C=O) groups is 1. The summed E-state index contributed by atoms with van der Waals surface area (Å²) in [6.07, 6.45) is 1.89. The molecule has 7 heteroatoms. The Hall–Kier alpha value is -0.923. The number of carbonyl (C=O) groups excluding carboxylic acids is 1. The average molecular weight is 669 g/mol. The summed E-state index contributed by atoms with van der Waals surface area (Å²) in [5, 5.41) is 3.07. The molecular formula is C38H70ClNO4Si. The molecule has 0 aliphatic carbocycles. The second-order valence-corrected chi connectivity index (χ2v) is 18.1. The van der Waals surface area contributed by atoms with Gasteiger partial charge in [-0.2, -0.15) is 0 Å². The molecule has 0 fully saturated rings. The van der Waals surface area contributed by atoms with E-state index in [9.17, 15) is 4.79 Å². The van der Waals surface area contributed by atoms with Crippen LogP contribution in [0.25, 0.3) is 0 Å². The monoisotopic (exact) mass is 667 g/mol. The van der Waals surface area contributed by atoms with E-state index in [0.29, 0.717) is 77.8 Å². The molecule has 0 saturated carbocycles. The molecule has 0 bridgehead atoms. The van der Waals surface area contributed by atoms with Gasteiger partial charge in [-0.1, -0.05) is 102 Å². The van der Waals surface area contributed by atoms with Gasteiger partial charge in [0.2, 0.25) is 0 Å². The average Bonchev–Trinajstić information content (AvgIpc) is 3.05. The van der Waals surface area contributed by atoms with Gasteiger partial charge in [-0.05, 0) is 90.2 Å². The minimum Gasteiger partial charge on any atom is -0.377 e. The SMILES string of the molecule is CCC(C)C(C)C(C)C(C)C(C)C(C)(O[Si](CCCNC(=O)c1ccc(CCl)cc1)(OC)OC)C(C)C(C)C(C)C(C)C(C)C. The highest BCUT2D eigenvalue weighted by molar-refractivity contribution is 6.60. The largest absolute Gasteiger partial charge is 0.500 e. The fraction of sp³-hybridized carbons (Fsp3) is 0.816. The summed E-state index contributed by atoms with van der Waals surface area (Å²) >= 11 is 5.91. The Balaban J connectivity index is 3.31. The fourth-order valence-corrected chi connectivity index (χ4v) is 9.79. The van der Waals surface area contributed by atoms with Gasteiger partial charge in [-0.15, -0.1) is 11.6 Å². The minimum atomic E-state index is -3.10. The zero-order chi connectivity index (χ0) is 34.7. The summed E-state index contributed by atoms with van der Waals surface area (Å²) in [5.74, 6) is 5.35. The second-order valence-electron chi connectivity index (χ2n) is 14.9. The summed E-state index contributed by atoms with van der Waals surface area (Å²) in [6.45, 7) is 31.5. The topological polar surface area (TPSA) is 56.8 Å². The van der Waals surface area contributed by atoms with Gasteiger partial charge in [0.25, 0.3) is 5.91 Å². The molecule has 0 aliphatic rings. The van der Waals surface area contributed by atoms with E-state index in [0.717, 1.165) is 5.56 Å². The van der Waals surface area contributed by atoms with Gasteiger partial charge in [0.1, 0.15) is 0 Å². The van der Waals surface area contributed by atoms with E-state index in [1.54, 1.807) is 14.2 Å². The lowest BCUT2D eigenvalue weighted by atomic mass is 9.62. The van der Waals surface area contributed by atoms with Gasteiger partial charge < -0.3 is 18.6 Å². The molecule has 0 heterocycles. The van der Waals surface area contributed by atoms with E-state index in [1.165, 1.54) is 6.42 Å². The number of benzene rings is 1. The molecule has 45 heavy (non-hydrogen) atoms. The molecule has 0 saturated heterocycles. The van der Waals surface area contributed by atoms with Crippen molar-refractivity contribution in [1.82, 2.24) is 5.32 Å². The summed E-state index contributed by atoms with van der Waals surface area (Å²) in [6, 6.07) is 8.05. The third-order valence-corrected chi connectivity index (χ3v) is 15.9. The molecule has 1 rings (SSSR count). The minimum absolute atomic E-state index is 0.0912. The van der Waals surface area contributed by atoms with Gasteiger partial charge in [0, 0.05) is 38.3 Å². The van der Waals surface area contributed by atoms with Crippen molar-refractivity contribution in [2.45, 2.75) is 120 Å². The van der Waals surface area contributed by atoms with E-state index in [1.807, 2.05) is 24.3 Å². The van der Waals surface area contributed by atoms with E-state index in [4.69, 9.17) is 24.9 Å². The predicted octanol–water partition coefficient (Wildman–Crippen LogP) is 10.3. The molecule has 0 radical (unpaired) electrons. The van der Waals surface area contributed by atoms with Crippen LogP contribution in [0.1, 0.15) is 119 Å². The van der Waals surface area contributed by atoms with Crippen molar-refractivity contribution in [2.24, 2.45) is 59.2 Å². The van der Waals surface area contributed by atoms with Crippen molar-refractivity contribution < 1.29 is 18.1 Å². The van der Waals surface area contributed by atoms with Gasteiger partial charge in [0.05, 0.1) is 5.60 Å². The number of nitrogens with one attached hydrogen (secondary N) is 1. The molecule has 262 valence electrons. The Morgan fingerprint density at radius 3 is 1.71 bits per heavy atom. The van der Waals surface area contributed by atoms with Crippen LogP contribution in [0.3, 0.4) is 0 Å². The van der Waals surface area contributed by atoms with Crippen molar-refractivity contribution in [3.8, 4) is 0 Å². The summed E-state index contributed by atoms with van der Waals surface area (Å²) in [4.78, 5) is 12.8. The van der Waals surface area contributed by atoms with E-state index in [-0.39, 0.29) is 17.7 Å². The number of hydrogen-bond acceptors (Lipinski definition) is 4. The van der Waals surface area contributed by atoms with Crippen molar-refractivity contribution in [2.75, 3.05) is 20.8 Å². The van der Waals surface area contributed by atoms with E-state index < -0.39 is 14.4 Å². The predicted molar refractivity (Wildman–Crippen MR) is 195 cm³/mol. The van der Waals surface area contributed by atoms with Crippen LogP contribution in [0, 0.1) is 59.2 Å². The van der Waals surface area contributed by atoms with Crippen LogP contribution in [0.5, 0.6) is 0 Å². The molecule has 0 spiro atoms. The van der Waals surface area contributed by atoms with Gasteiger partial charge in [0.15, 0.2) is 0 Å². The van der Waals surface area contributed by atoms with Gasteiger partial charge in [-0.3, -0.25) is 4.79 Å². The van der Waals surface area contributed by atoms with Crippen LogP contribution in [-0.2, 0) is 19.2 Å². The van der Waals surface area contributed by atoms with Gasteiger partial charge in [-0.25, -0.2) is 0 Å². The normalized spacial score (nSPS) is 19.9. The Kier molecular flexibility index (Phi) is 17.9. The number of alkyl halides is 1. The molecule has 10 atom stereocenters. The third-order valence-electron chi connectivity index (χ3n) is 12.6. The number of amides is 1. The van der Waals surface area contributed by atoms with Crippen LogP contribution in [0.4, 0.5) is 0 Å². The molecule has 1 aromatic carbocycles. The summed E-state index contributed by atoms with van der Waals surface area (Å²) in [7, 11) is 0.357. The Morgan fingerprint density at radius 1 is 0.800 bits per heavy atom. The molecule has 1 aromatic rings. The quantitative estimate of drug-likeness (QED) is 0.0805. The van der Waals surface area contributed by atoms with Crippen LogP contribution in [0.2, 0.25) is 6.04 Å². The van der Waals surface area contributed by atoms with E-state index in [2.05, 4.69) is 95.3 Å². The highest BCUT2D eigenvalue weighted by Gasteiger charge is 2.53. The smallest absolute Gasteiger partial charge is 0.377 e. The number of halogens is 1. The van der Waals surface area contributed by atoms with Crippen LogP contribution in [0.15, 0.2) is 24.3 Å². The van der Waals surface area contributed by atoms with Crippen molar-refractivity contribution in [3.05, 3.63) is 35.4 Å². The molecule has 10 unspecified atom stereocenters. The zero-order valence-corrected chi connectivity index (χ0v) is 33.4. The lowest BCUT2D eigenvalue weighted by Gasteiger charge is -2.52. The molecule has 0 aliphatic heterocycles. The maximum atomic E-state index is 12.8. The van der Waals surface area contributed by atoms with Crippen LogP contribution < -0.4 is 5.32 Å². The summed E-state index contributed by atoms with van der Waals surface area (Å²) < 4.78 is 19.9. The maximum Gasteiger partial charge on any atom is 0.500 e. The molecule has 0 aromatic heterocycles. The number of rotatable bonds is 21. The highest BCUT2D eigenvalue weighted by Crippen LogP contribution is 2.47. The number of hydrogen-bond donors (Lipinski definition) is 1. The lowest BCUT2D eigenvalue weighted by Crippen LogP contribution is -2.59. The zero-order valence-electron chi connectivity index (χ0n) is 31.6. The van der Waals surface area contributed by atoms with Crippen LogP contribution in [-0.4, -0.2) is 41.1 Å². The summed E-state index contributed by atoms with van der Waals surface area (Å²) in [5.41, 5.74) is 1.15. The van der Waals surface area contributed by atoms with Crippen LogP contribution >= 0.6 is 11.6 Å². The molecule has 1 amide bonds. The second kappa shape index (κ2) is 19.2. The molecule has 5 nitrogen and oxygen atoms in total. The first-order valence-corrected chi connectivity index (χ1v) is 20.2. The molecule has 1 N–H and O–H groups in total. The van der Waals surface area contributed by atoms with E-state index >= 15 is 0 Å². The highest BCUT2D eigenvalue weighted by atomic mass is 35.5. The maximum absolute atomic E-state index is 12.8. The van der Waals surface area contributed by atoms with Gasteiger partial charge >= 0.3 is 8.80 Å².